The van der Waals surface area contributed by atoms with Gasteiger partial charge in [-0.05, 0) is 25.7 Å². The van der Waals surface area contributed by atoms with E-state index >= 15 is 0 Å². The summed E-state index contributed by atoms with van der Waals surface area (Å²) in [7, 11) is 1.81. The van der Waals surface area contributed by atoms with Crippen LogP contribution in [0.4, 0.5) is 4.79 Å². The number of nitrogens with zero attached hydrogens (tertiary/aromatic N) is 4. The highest BCUT2D eigenvalue weighted by Gasteiger charge is 2.42. The van der Waals surface area contributed by atoms with E-state index in [2.05, 4.69) is 14.9 Å². The van der Waals surface area contributed by atoms with Crippen molar-refractivity contribution in [2.24, 2.45) is 0 Å². The monoisotopic (exact) mass is 347 g/mol. The van der Waals surface area contributed by atoms with E-state index in [9.17, 15) is 9.59 Å². The van der Waals surface area contributed by atoms with Gasteiger partial charge in [-0.15, -0.1) is 0 Å². The van der Waals surface area contributed by atoms with E-state index < -0.39 is 0 Å². The highest BCUT2D eigenvalue weighted by Crippen LogP contribution is 2.35. The van der Waals surface area contributed by atoms with Crippen molar-refractivity contribution in [2.45, 2.75) is 43.9 Å². The fourth-order valence-corrected chi connectivity index (χ4v) is 3.74. The van der Waals surface area contributed by atoms with Crippen LogP contribution in [-0.2, 0) is 16.1 Å². The summed E-state index contributed by atoms with van der Waals surface area (Å²) in [6.07, 6.45) is 7.59. The molecule has 0 aromatic carbocycles. The number of morpholine rings is 1. The van der Waals surface area contributed by atoms with E-state index in [0.717, 1.165) is 18.5 Å². The Kier molecular flexibility index (Phi) is 4.15. The largest absolute Gasteiger partial charge is 0.363 e. The Morgan fingerprint density at radius 1 is 1.40 bits per heavy atom. The zero-order chi connectivity index (χ0) is 17.4. The van der Waals surface area contributed by atoms with Crippen molar-refractivity contribution in [1.82, 2.24) is 24.7 Å². The molecule has 0 atom stereocenters. The third-order valence-electron chi connectivity index (χ3n) is 5.52. The third-order valence-corrected chi connectivity index (χ3v) is 5.52. The molecule has 4 rings (SSSR count). The van der Waals surface area contributed by atoms with Gasteiger partial charge in [0.05, 0.1) is 24.2 Å². The molecule has 136 valence electrons. The summed E-state index contributed by atoms with van der Waals surface area (Å²) < 4.78 is 7.98. The minimum Gasteiger partial charge on any atom is -0.363 e. The molecule has 1 spiro atoms. The topological polar surface area (TPSA) is 79.7 Å². The number of amides is 3. The lowest BCUT2D eigenvalue weighted by molar-refractivity contribution is -0.167. The SMILES string of the molecule is CN1CC2(CCN(C(=O)NCc3cncn3C3CC3)CC2)OCC1=O. The van der Waals surface area contributed by atoms with Crippen molar-refractivity contribution in [3.63, 3.8) is 0 Å². The molecule has 2 saturated heterocycles. The lowest BCUT2D eigenvalue weighted by Gasteiger charge is -2.46. The Bertz CT molecular complexity index is 661. The first-order valence-electron chi connectivity index (χ1n) is 8.98. The lowest BCUT2D eigenvalue weighted by atomic mass is 9.89. The number of imidazole rings is 1. The summed E-state index contributed by atoms with van der Waals surface area (Å²) >= 11 is 0. The Morgan fingerprint density at radius 2 is 2.16 bits per heavy atom. The van der Waals surface area contributed by atoms with Gasteiger partial charge in [0.2, 0.25) is 5.91 Å². The van der Waals surface area contributed by atoms with Crippen LogP contribution in [0.3, 0.4) is 0 Å². The number of nitrogens with one attached hydrogen (secondary N) is 1. The van der Waals surface area contributed by atoms with Gasteiger partial charge in [-0.1, -0.05) is 0 Å². The first-order valence-corrected chi connectivity index (χ1v) is 8.98. The zero-order valence-corrected chi connectivity index (χ0v) is 14.6. The summed E-state index contributed by atoms with van der Waals surface area (Å²) in [6.45, 7) is 2.56. The Hall–Kier alpha value is -2.09. The first-order chi connectivity index (χ1) is 12.1. The van der Waals surface area contributed by atoms with E-state index in [1.54, 1.807) is 4.90 Å². The molecule has 1 saturated carbocycles. The number of hydrogen-bond acceptors (Lipinski definition) is 4. The van der Waals surface area contributed by atoms with Crippen LogP contribution in [0, 0.1) is 0 Å². The minimum atomic E-state index is -0.288. The van der Waals surface area contributed by atoms with Crippen molar-refractivity contribution in [3.8, 4) is 0 Å². The molecule has 8 nitrogen and oxygen atoms in total. The minimum absolute atomic E-state index is 0.0260. The number of carbonyl (C=O) groups is 2. The maximum absolute atomic E-state index is 12.5. The third kappa shape index (κ3) is 3.35. The molecular weight excluding hydrogens is 322 g/mol. The standard InChI is InChI=1S/C17H25N5O3/c1-20-11-17(25-10-15(20)23)4-6-21(7-5-17)16(24)19-9-14-8-18-12-22(14)13-2-3-13/h8,12-13H,2-7,9-11H2,1H3,(H,19,24). The van der Waals surface area contributed by atoms with Crippen LogP contribution in [0.25, 0.3) is 0 Å². The molecule has 3 amide bonds. The molecule has 1 aromatic heterocycles. The molecule has 3 aliphatic rings. The van der Waals surface area contributed by atoms with Crippen molar-refractivity contribution in [2.75, 3.05) is 33.3 Å². The molecule has 3 heterocycles. The quantitative estimate of drug-likeness (QED) is 0.875. The molecule has 25 heavy (non-hydrogen) atoms. The van der Waals surface area contributed by atoms with Gasteiger partial charge in [0, 0.05) is 38.9 Å². The van der Waals surface area contributed by atoms with Gasteiger partial charge in [0.25, 0.3) is 0 Å². The summed E-state index contributed by atoms with van der Waals surface area (Å²) in [4.78, 5) is 31.8. The van der Waals surface area contributed by atoms with Crippen LogP contribution in [0.2, 0.25) is 0 Å². The second-order valence-corrected chi connectivity index (χ2v) is 7.39. The highest BCUT2D eigenvalue weighted by molar-refractivity contribution is 5.78. The lowest BCUT2D eigenvalue weighted by Crippen LogP contribution is -2.59. The summed E-state index contributed by atoms with van der Waals surface area (Å²) in [6, 6.07) is 0.519. The Balaban J connectivity index is 1.28. The summed E-state index contributed by atoms with van der Waals surface area (Å²) in [5.41, 5.74) is 0.768. The highest BCUT2D eigenvalue weighted by atomic mass is 16.5. The number of likely N-dealkylation sites (N-methyl/N-ethyl adjacent to an activating group) is 1. The van der Waals surface area contributed by atoms with E-state index in [4.69, 9.17) is 4.74 Å². The zero-order valence-electron chi connectivity index (χ0n) is 14.6. The molecular formula is C17H25N5O3. The number of urea groups is 1. The van der Waals surface area contributed by atoms with Crippen molar-refractivity contribution >= 4 is 11.9 Å². The number of hydrogen-bond donors (Lipinski definition) is 1. The number of rotatable bonds is 3. The predicted octanol–water partition coefficient (Wildman–Crippen LogP) is 0.751. The van der Waals surface area contributed by atoms with Gasteiger partial charge < -0.3 is 24.4 Å². The van der Waals surface area contributed by atoms with Crippen LogP contribution in [0.1, 0.15) is 37.4 Å². The van der Waals surface area contributed by atoms with Gasteiger partial charge in [0.15, 0.2) is 0 Å². The van der Waals surface area contributed by atoms with Crippen LogP contribution < -0.4 is 5.32 Å². The smallest absolute Gasteiger partial charge is 0.317 e. The second-order valence-electron chi connectivity index (χ2n) is 7.39. The van der Waals surface area contributed by atoms with E-state index in [1.807, 2.05) is 24.5 Å². The number of piperidine rings is 1. The average Bonchev–Trinajstić information content (AvgIpc) is 3.35. The number of carbonyl (C=O) groups excluding carboxylic acids is 2. The molecule has 2 aliphatic heterocycles. The molecule has 3 fully saturated rings. The Labute approximate surface area is 147 Å². The molecule has 0 radical (unpaired) electrons. The molecule has 0 unspecified atom stereocenters. The number of likely N-dealkylation sites (tertiary alicyclic amines) is 1. The van der Waals surface area contributed by atoms with Crippen LogP contribution >= 0.6 is 0 Å². The van der Waals surface area contributed by atoms with Crippen molar-refractivity contribution in [1.29, 1.82) is 0 Å². The van der Waals surface area contributed by atoms with Gasteiger partial charge >= 0.3 is 6.03 Å². The fraction of sp³-hybridized carbons (Fsp3) is 0.706. The predicted molar refractivity (Wildman–Crippen MR) is 89.9 cm³/mol. The number of ether oxygens (including phenoxy) is 1. The summed E-state index contributed by atoms with van der Waals surface area (Å²) in [5.74, 6) is 0.0260. The molecule has 8 heteroatoms. The van der Waals surface area contributed by atoms with Crippen molar-refractivity contribution in [3.05, 3.63) is 18.2 Å². The van der Waals surface area contributed by atoms with Crippen molar-refractivity contribution < 1.29 is 14.3 Å². The average molecular weight is 347 g/mol. The molecule has 1 N–H and O–H groups in total. The van der Waals surface area contributed by atoms with E-state index in [-0.39, 0.29) is 24.1 Å². The van der Waals surface area contributed by atoms with Gasteiger partial charge in [0.1, 0.15) is 6.61 Å². The van der Waals surface area contributed by atoms with Crippen LogP contribution in [0.15, 0.2) is 12.5 Å². The molecule has 0 bridgehead atoms. The van der Waals surface area contributed by atoms with Gasteiger partial charge in [-0.25, -0.2) is 9.78 Å². The molecule has 1 aromatic rings. The normalized spacial score (nSPS) is 23.2. The second kappa shape index (κ2) is 6.33. The Morgan fingerprint density at radius 3 is 2.84 bits per heavy atom. The van der Waals surface area contributed by atoms with Crippen LogP contribution in [0.5, 0.6) is 0 Å². The van der Waals surface area contributed by atoms with E-state index in [0.29, 0.717) is 32.2 Å². The van der Waals surface area contributed by atoms with E-state index in [1.165, 1.54) is 12.8 Å². The maximum atomic E-state index is 12.5. The summed E-state index contributed by atoms with van der Waals surface area (Å²) in [5, 5.41) is 3.01. The molecule has 1 aliphatic carbocycles. The van der Waals surface area contributed by atoms with Gasteiger partial charge in [-0.3, -0.25) is 4.79 Å². The first kappa shape index (κ1) is 16.4. The van der Waals surface area contributed by atoms with Crippen LogP contribution in [-0.4, -0.2) is 70.2 Å². The maximum Gasteiger partial charge on any atom is 0.317 e. The fourth-order valence-electron chi connectivity index (χ4n) is 3.74. The number of aromatic nitrogens is 2. The van der Waals surface area contributed by atoms with Gasteiger partial charge in [-0.2, -0.15) is 0 Å².